The number of hydrogen-bond donors (Lipinski definition) is 2. The third kappa shape index (κ3) is 5.69. The van der Waals surface area contributed by atoms with Crippen molar-refractivity contribution in [2.75, 3.05) is 24.1 Å². The third-order valence-corrected chi connectivity index (χ3v) is 3.25. The van der Waals surface area contributed by atoms with Crippen LogP contribution in [0.1, 0.15) is 27.7 Å². The average Bonchev–Trinajstić information content (AvgIpc) is 2.57. The molecule has 0 aliphatic rings. The summed E-state index contributed by atoms with van der Waals surface area (Å²) in [7, 11) is 0. The number of anilines is 2. The van der Waals surface area contributed by atoms with Gasteiger partial charge in [-0.05, 0) is 36.1 Å². The van der Waals surface area contributed by atoms with Crippen molar-refractivity contribution in [3.05, 3.63) is 48.5 Å². The minimum absolute atomic E-state index is 0.483. The quantitative estimate of drug-likeness (QED) is 0.621. The molecule has 0 saturated heterocycles. The van der Waals surface area contributed by atoms with Crippen LogP contribution in [-0.2, 0) is 0 Å². The highest BCUT2D eigenvalue weighted by atomic mass is 16.5. The van der Waals surface area contributed by atoms with Crippen molar-refractivity contribution in [1.82, 2.24) is 0 Å². The Morgan fingerprint density at radius 2 is 1.04 bits per heavy atom. The van der Waals surface area contributed by atoms with E-state index in [-0.39, 0.29) is 0 Å². The van der Waals surface area contributed by atoms with Crippen molar-refractivity contribution in [2.24, 2.45) is 11.8 Å². The van der Waals surface area contributed by atoms with Crippen LogP contribution in [0.2, 0.25) is 0 Å². The molecule has 0 aliphatic heterocycles. The maximum absolute atomic E-state index is 5.86. The first-order chi connectivity index (χ1) is 11.6. The fourth-order valence-electron chi connectivity index (χ4n) is 2.04. The highest BCUT2D eigenvalue weighted by Crippen LogP contribution is 2.27. The van der Waals surface area contributed by atoms with E-state index in [2.05, 4.69) is 38.5 Å². The van der Waals surface area contributed by atoms with E-state index in [0.717, 1.165) is 22.9 Å². The molecule has 2 N–H and O–H groups in total. The Morgan fingerprint density at radius 3 is 1.42 bits per heavy atom. The summed E-state index contributed by atoms with van der Waals surface area (Å²) in [6.07, 6.45) is 0. The Labute approximate surface area is 145 Å². The SMILES string of the molecule is CC(C)COc1ccccc1NNc1ccccc1OCC(C)C. The van der Waals surface area contributed by atoms with E-state index in [4.69, 9.17) is 9.47 Å². The normalized spacial score (nSPS) is 10.8. The van der Waals surface area contributed by atoms with Crippen LogP contribution in [-0.4, -0.2) is 13.2 Å². The van der Waals surface area contributed by atoms with Crippen LogP contribution in [0.25, 0.3) is 0 Å². The van der Waals surface area contributed by atoms with Gasteiger partial charge >= 0.3 is 0 Å². The predicted molar refractivity (Wildman–Crippen MR) is 101 cm³/mol. The summed E-state index contributed by atoms with van der Waals surface area (Å²) >= 11 is 0. The van der Waals surface area contributed by atoms with E-state index >= 15 is 0 Å². The van der Waals surface area contributed by atoms with Gasteiger partial charge in [-0.15, -0.1) is 0 Å². The molecule has 0 atom stereocenters. The lowest BCUT2D eigenvalue weighted by molar-refractivity contribution is 0.271. The van der Waals surface area contributed by atoms with Crippen LogP contribution in [0.5, 0.6) is 11.5 Å². The first kappa shape index (κ1) is 18.0. The summed E-state index contributed by atoms with van der Waals surface area (Å²) in [4.78, 5) is 0. The van der Waals surface area contributed by atoms with Gasteiger partial charge in [0.15, 0.2) is 0 Å². The number of ether oxygens (including phenoxy) is 2. The third-order valence-electron chi connectivity index (χ3n) is 3.25. The van der Waals surface area contributed by atoms with Gasteiger partial charge in [0.25, 0.3) is 0 Å². The molecule has 4 heteroatoms. The average molecular weight is 328 g/mol. The molecule has 0 saturated carbocycles. The fourth-order valence-corrected chi connectivity index (χ4v) is 2.04. The lowest BCUT2D eigenvalue weighted by Crippen LogP contribution is -2.13. The van der Waals surface area contributed by atoms with Gasteiger partial charge in [0.2, 0.25) is 0 Å². The molecule has 2 rings (SSSR count). The van der Waals surface area contributed by atoms with E-state index in [1.807, 2.05) is 48.5 Å². The zero-order valence-corrected chi connectivity index (χ0v) is 15.0. The van der Waals surface area contributed by atoms with Gasteiger partial charge in [-0.3, -0.25) is 10.9 Å². The second-order valence-corrected chi connectivity index (χ2v) is 6.65. The zero-order chi connectivity index (χ0) is 17.4. The van der Waals surface area contributed by atoms with Gasteiger partial charge in [-0.1, -0.05) is 52.0 Å². The van der Waals surface area contributed by atoms with Gasteiger partial charge < -0.3 is 9.47 Å². The Kier molecular flexibility index (Phi) is 6.79. The molecule has 0 amide bonds. The Hall–Kier alpha value is -2.36. The monoisotopic (exact) mass is 328 g/mol. The predicted octanol–water partition coefficient (Wildman–Crippen LogP) is 5.20. The molecule has 2 aromatic carbocycles. The molecule has 0 heterocycles. The van der Waals surface area contributed by atoms with Crippen LogP contribution in [0.3, 0.4) is 0 Å². The van der Waals surface area contributed by atoms with Crippen molar-refractivity contribution in [3.8, 4) is 11.5 Å². The van der Waals surface area contributed by atoms with Gasteiger partial charge in [0.05, 0.1) is 24.6 Å². The van der Waals surface area contributed by atoms with Crippen LogP contribution in [0.15, 0.2) is 48.5 Å². The molecular formula is C20H28N2O2. The number of rotatable bonds is 9. The van der Waals surface area contributed by atoms with Crippen molar-refractivity contribution < 1.29 is 9.47 Å². The zero-order valence-electron chi connectivity index (χ0n) is 15.0. The number of para-hydroxylation sites is 4. The summed E-state index contributed by atoms with van der Waals surface area (Å²) in [5.41, 5.74) is 8.25. The van der Waals surface area contributed by atoms with E-state index in [0.29, 0.717) is 25.0 Å². The number of hydrazine groups is 1. The standard InChI is InChI=1S/C20H28N2O2/c1-15(2)13-23-19-11-7-5-9-17(19)21-22-18-10-6-8-12-20(18)24-14-16(3)4/h5-12,15-16,21-22H,13-14H2,1-4H3. The minimum Gasteiger partial charge on any atom is -0.491 e. The molecule has 0 unspecified atom stereocenters. The summed E-state index contributed by atoms with van der Waals surface area (Å²) in [6.45, 7) is 9.92. The maximum Gasteiger partial charge on any atom is 0.144 e. The van der Waals surface area contributed by atoms with E-state index in [1.165, 1.54) is 0 Å². The molecule has 24 heavy (non-hydrogen) atoms. The molecule has 0 aliphatic carbocycles. The minimum atomic E-state index is 0.483. The van der Waals surface area contributed by atoms with Crippen molar-refractivity contribution in [3.63, 3.8) is 0 Å². The highest BCUT2D eigenvalue weighted by molar-refractivity contribution is 5.63. The molecule has 130 valence electrons. The Balaban J connectivity index is 2.03. The second kappa shape index (κ2) is 9.06. The lowest BCUT2D eigenvalue weighted by atomic mass is 10.2. The summed E-state index contributed by atoms with van der Waals surface area (Å²) in [5.74, 6) is 2.63. The van der Waals surface area contributed by atoms with Gasteiger partial charge in [-0.25, -0.2) is 0 Å². The largest absolute Gasteiger partial charge is 0.491 e. The van der Waals surface area contributed by atoms with Crippen LogP contribution in [0, 0.1) is 11.8 Å². The summed E-state index contributed by atoms with van der Waals surface area (Å²) in [5, 5.41) is 0. The smallest absolute Gasteiger partial charge is 0.144 e. The maximum atomic E-state index is 5.86. The molecule has 0 bridgehead atoms. The van der Waals surface area contributed by atoms with Gasteiger partial charge in [0.1, 0.15) is 11.5 Å². The van der Waals surface area contributed by atoms with E-state index < -0.39 is 0 Å². The van der Waals surface area contributed by atoms with E-state index in [9.17, 15) is 0 Å². The van der Waals surface area contributed by atoms with Crippen LogP contribution in [0.4, 0.5) is 11.4 Å². The lowest BCUT2D eigenvalue weighted by Gasteiger charge is -2.18. The first-order valence-electron chi connectivity index (χ1n) is 8.52. The molecular weight excluding hydrogens is 300 g/mol. The number of hydrogen-bond acceptors (Lipinski definition) is 4. The molecule has 0 fully saturated rings. The Morgan fingerprint density at radius 1 is 0.667 bits per heavy atom. The van der Waals surface area contributed by atoms with Crippen molar-refractivity contribution in [2.45, 2.75) is 27.7 Å². The van der Waals surface area contributed by atoms with Crippen LogP contribution < -0.4 is 20.3 Å². The van der Waals surface area contributed by atoms with Gasteiger partial charge in [-0.2, -0.15) is 0 Å². The highest BCUT2D eigenvalue weighted by Gasteiger charge is 2.07. The molecule has 2 aromatic rings. The molecule has 0 aromatic heterocycles. The second-order valence-electron chi connectivity index (χ2n) is 6.65. The molecule has 0 spiro atoms. The first-order valence-corrected chi connectivity index (χ1v) is 8.52. The summed E-state index contributed by atoms with van der Waals surface area (Å²) < 4.78 is 11.7. The Bertz CT molecular complexity index is 571. The number of benzene rings is 2. The number of nitrogens with one attached hydrogen (secondary N) is 2. The van der Waals surface area contributed by atoms with Gasteiger partial charge in [0, 0.05) is 0 Å². The molecule has 0 radical (unpaired) electrons. The van der Waals surface area contributed by atoms with Crippen LogP contribution >= 0.6 is 0 Å². The van der Waals surface area contributed by atoms with Crippen molar-refractivity contribution >= 4 is 11.4 Å². The topological polar surface area (TPSA) is 42.5 Å². The fraction of sp³-hybridized carbons (Fsp3) is 0.400. The summed E-state index contributed by atoms with van der Waals surface area (Å²) in [6, 6.07) is 15.8. The molecule has 4 nitrogen and oxygen atoms in total. The van der Waals surface area contributed by atoms with E-state index in [1.54, 1.807) is 0 Å². The van der Waals surface area contributed by atoms with Crippen molar-refractivity contribution in [1.29, 1.82) is 0 Å².